The maximum atomic E-state index is 5.68. The molecule has 1 unspecified atom stereocenters. The number of hydrogen-bond donors (Lipinski definition) is 1. The lowest BCUT2D eigenvalue weighted by Gasteiger charge is -2.21. The number of hydrogen-bond acceptors (Lipinski definition) is 3. The lowest BCUT2D eigenvalue weighted by Crippen LogP contribution is -2.08. The molecule has 0 radical (unpaired) electrons. The van der Waals surface area contributed by atoms with Crippen LogP contribution in [0.3, 0.4) is 0 Å². The summed E-state index contributed by atoms with van der Waals surface area (Å²) in [5.41, 5.74) is 8.24. The molecular weight excluding hydrogens is 294 g/mol. The van der Waals surface area contributed by atoms with Gasteiger partial charge in [0.2, 0.25) is 6.79 Å². The third kappa shape index (κ3) is 2.36. The summed E-state index contributed by atoms with van der Waals surface area (Å²) in [7, 11) is 0. The summed E-state index contributed by atoms with van der Waals surface area (Å²) in [5, 5.41) is 0. The summed E-state index contributed by atoms with van der Waals surface area (Å²) in [5.74, 6) is 2.57. The summed E-state index contributed by atoms with van der Waals surface area (Å²) >= 11 is 3.56. The van der Waals surface area contributed by atoms with Crippen molar-refractivity contribution in [3.63, 3.8) is 0 Å². The van der Waals surface area contributed by atoms with E-state index in [2.05, 4.69) is 42.8 Å². The Hall–Kier alpha value is -0.740. The van der Waals surface area contributed by atoms with Crippen LogP contribution in [-0.4, -0.2) is 13.3 Å². The summed E-state index contributed by atoms with van der Waals surface area (Å²) in [4.78, 5) is 0. The Balaban J connectivity index is 2.55. The fourth-order valence-electron chi connectivity index (χ4n) is 2.48. The van der Waals surface area contributed by atoms with Gasteiger partial charge in [-0.15, -0.1) is 0 Å². The van der Waals surface area contributed by atoms with Gasteiger partial charge in [-0.1, -0.05) is 20.8 Å². The first-order valence-corrected chi connectivity index (χ1v) is 7.17. The third-order valence-electron chi connectivity index (χ3n) is 3.38. The molecule has 4 heteroatoms. The first kappa shape index (κ1) is 13.7. The molecule has 0 bridgehead atoms. The van der Waals surface area contributed by atoms with Gasteiger partial charge in [0.1, 0.15) is 0 Å². The molecule has 1 aliphatic rings. The molecule has 1 aromatic rings. The van der Waals surface area contributed by atoms with Gasteiger partial charge in [0.15, 0.2) is 11.5 Å². The fraction of sp³-hybridized carbons (Fsp3) is 0.571. The van der Waals surface area contributed by atoms with Crippen molar-refractivity contribution in [2.24, 2.45) is 5.73 Å². The SMILES string of the molecule is CC(C)c1c(C(C)CCN)cc(Br)c2c1OCO2. The van der Waals surface area contributed by atoms with Crippen molar-refractivity contribution in [1.29, 1.82) is 0 Å². The molecule has 0 saturated heterocycles. The van der Waals surface area contributed by atoms with Crippen molar-refractivity contribution in [3.8, 4) is 11.5 Å². The molecule has 0 aromatic heterocycles. The molecule has 1 atom stereocenters. The maximum absolute atomic E-state index is 5.68. The Morgan fingerprint density at radius 3 is 2.56 bits per heavy atom. The van der Waals surface area contributed by atoms with Crippen LogP contribution in [0.15, 0.2) is 10.5 Å². The summed E-state index contributed by atoms with van der Waals surface area (Å²) in [6.07, 6.45) is 0.978. The van der Waals surface area contributed by atoms with E-state index in [1.165, 1.54) is 11.1 Å². The van der Waals surface area contributed by atoms with Crippen LogP contribution in [0.2, 0.25) is 0 Å². The van der Waals surface area contributed by atoms with E-state index in [9.17, 15) is 0 Å². The van der Waals surface area contributed by atoms with Gasteiger partial charge < -0.3 is 15.2 Å². The van der Waals surface area contributed by atoms with E-state index in [1.807, 2.05) is 0 Å². The van der Waals surface area contributed by atoms with Gasteiger partial charge in [-0.2, -0.15) is 0 Å². The predicted molar refractivity (Wildman–Crippen MR) is 76.4 cm³/mol. The average molecular weight is 314 g/mol. The van der Waals surface area contributed by atoms with E-state index >= 15 is 0 Å². The maximum Gasteiger partial charge on any atom is 0.231 e. The normalized spacial score (nSPS) is 15.2. The van der Waals surface area contributed by atoms with E-state index in [4.69, 9.17) is 15.2 Å². The molecule has 1 aliphatic heterocycles. The average Bonchev–Trinajstić information content (AvgIpc) is 2.77. The van der Waals surface area contributed by atoms with Gasteiger partial charge in [0, 0.05) is 5.56 Å². The largest absolute Gasteiger partial charge is 0.453 e. The minimum atomic E-state index is 0.308. The van der Waals surface area contributed by atoms with E-state index in [-0.39, 0.29) is 0 Å². The summed E-state index contributed by atoms with van der Waals surface area (Å²) < 4.78 is 12.1. The number of benzene rings is 1. The van der Waals surface area contributed by atoms with Crippen molar-refractivity contribution < 1.29 is 9.47 Å². The van der Waals surface area contributed by atoms with Crippen LogP contribution in [-0.2, 0) is 0 Å². The second kappa shape index (κ2) is 5.49. The molecule has 2 rings (SSSR count). The highest BCUT2D eigenvalue weighted by Gasteiger charge is 2.27. The molecule has 3 nitrogen and oxygen atoms in total. The number of halogens is 1. The quantitative estimate of drug-likeness (QED) is 0.920. The van der Waals surface area contributed by atoms with Crippen LogP contribution in [0.25, 0.3) is 0 Å². The topological polar surface area (TPSA) is 44.5 Å². The lowest BCUT2D eigenvalue weighted by atomic mass is 9.87. The highest BCUT2D eigenvalue weighted by Crippen LogP contribution is 2.48. The van der Waals surface area contributed by atoms with Gasteiger partial charge in [-0.05, 0) is 52.4 Å². The molecule has 18 heavy (non-hydrogen) atoms. The number of nitrogens with two attached hydrogens (primary N) is 1. The molecule has 0 spiro atoms. The highest BCUT2D eigenvalue weighted by atomic mass is 79.9. The Labute approximate surface area is 117 Å². The smallest absolute Gasteiger partial charge is 0.231 e. The van der Waals surface area contributed by atoms with Gasteiger partial charge in [-0.25, -0.2) is 0 Å². The van der Waals surface area contributed by atoms with Crippen molar-refractivity contribution in [1.82, 2.24) is 0 Å². The molecule has 0 saturated carbocycles. The van der Waals surface area contributed by atoms with Crippen LogP contribution in [0, 0.1) is 0 Å². The molecule has 100 valence electrons. The molecule has 0 amide bonds. The Kier molecular flexibility index (Phi) is 4.17. The highest BCUT2D eigenvalue weighted by molar-refractivity contribution is 9.10. The second-order valence-corrected chi connectivity index (χ2v) is 5.91. The first-order chi connectivity index (χ1) is 8.56. The molecule has 1 aromatic carbocycles. The van der Waals surface area contributed by atoms with Gasteiger partial charge in [0.05, 0.1) is 4.47 Å². The zero-order chi connectivity index (χ0) is 13.3. The predicted octanol–water partition coefficient (Wildman–Crippen LogP) is 3.75. The molecule has 2 N–H and O–H groups in total. The van der Waals surface area contributed by atoms with Gasteiger partial charge in [-0.3, -0.25) is 0 Å². The monoisotopic (exact) mass is 313 g/mol. The minimum absolute atomic E-state index is 0.308. The van der Waals surface area contributed by atoms with Crippen LogP contribution in [0.5, 0.6) is 11.5 Å². The van der Waals surface area contributed by atoms with Crippen LogP contribution in [0.4, 0.5) is 0 Å². The van der Waals surface area contributed by atoms with E-state index in [0.717, 1.165) is 22.4 Å². The number of fused-ring (bicyclic) bond motifs is 1. The first-order valence-electron chi connectivity index (χ1n) is 6.38. The van der Waals surface area contributed by atoms with Crippen molar-refractivity contribution >= 4 is 15.9 Å². The van der Waals surface area contributed by atoms with Gasteiger partial charge >= 0.3 is 0 Å². The van der Waals surface area contributed by atoms with Crippen molar-refractivity contribution in [2.75, 3.05) is 13.3 Å². The van der Waals surface area contributed by atoms with Crippen molar-refractivity contribution in [3.05, 3.63) is 21.7 Å². The fourth-order valence-corrected chi connectivity index (χ4v) is 3.02. The second-order valence-electron chi connectivity index (χ2n) is 5.06. The number of rotatable bonds is 4. The third-order valence-corrected chi connectivity index (χ3v) is 3.96. The Morgan fingerprint density at radius 1 is 1.28 bits per heavy atom. The summed E-state index contributed by atoms with van der Waals surface area (Å²) in [6.45, 7) is 7.59. The van der Waals surface area contributed by atoms with Crippen LogP contribution >= 0.6 is 15.9 Å². The van der Waals surface area contributed by atoms with Crippen LogP contribution in [0.1, 0.15) is 50.2 Å². The van der Waals surface area contributed by atoms with E-state index < -0.39 is 0 Å². The van der Waals surface area contributed by atoms with Crippen molar-refractivity contribution in [2.45, 2.75) is 39.0 Å². The zero-order valence-electron chi connectivity index (χ0n) is 11.1. The Bertz CT molecular complexity index is 446. The van der Waals surface area contributed by atoms with E-state index in [0.29, 0.717) is 25.2 Å². The Morgan fingerprint density at radius 2 is 1.94 bits per heavy atom. The minimum Gasteiger partial charge on any atom is -0.453 e. The molecule has 1 heterocycles. The standard InChI is InChI=1S/C14H20BrNO2/c1-8(2)12-10(9(3)4-5-16)6-11(15)13-14(12)18-7-17-13/h6,8-9H,4-5,7,16H2,1-3H3. The van der Waals surface area contributed by atoms with Crippen LogP contribution < -0.4 is 15.2 Å². The molecular formula is C14H20BrNO2. The lowest BCUT2D eigenvalue weighted by molar-refractivity contribution is 0.172. The van der Waals surface area contributed by atoms with Gasteiger partial charge in [0.25, 0.3) is 0 Å². The van der Waals surface area contributed by atoms with E-state index in [1.54, 1.807) is 0 Å². The molecule has 0 aliphatic carbocycles. The number of ether oxygens (including phenoxy) is 2. The molecule has 0 fully saturated rings. The summed E-state index contributed by atoms with van der Waals surface area (Å²) in [6, 6.07) is 2.16. The zero-order valence-corrected chi connectivity index (χ0v) is 12.7.